The van der Waals surface area contributed by atoms with Gasteiger partial charge in [0.15, 0.2) is 0 Å². The summed E-state index contributed by atoms with van der Waals surface area (Å²) < 4.78 is 0. The summed E-state index contributed by atoms with van der Waals surface area (Å²) in [7, 11) is 0. The van der Waals surface area contributed by atoms with E-state index in [9.17, 15) is 0 Å². The van der Waals surface area contributed by atoms with Crippen molar-refractivity contribution < 1.29 is 0 Å². The monoisotopic (exact) mass is 182 g/mol. The Bertz CT molecular complexity index is 117. The normalized spacial score (nSPS) is 32.8. The Kier molecular flexibility index (Phi) is 5.50. The zero-order chi connectivity index (χ0) is 9.52. The molecule has 0 N–H and O–H groups in total. The average Bonchev–Trinajstić information content (AvgIpc) is 2.15. The second-order valence-electron chi connectivity index (χ2n) is 4.96. The van der Waals surface area contributed by atoms with Gasteiger partial charge in [-0.1, -0.05) is 65.2 Å². The van der Waals surface area contributed by atoms with Crippen molar-refractivity contribution in [2.75, 3.05) is 0 Å². The van der Waals surface area contributed by atoms with E-state index in [4.69, 9.17) is 0 Å². The van der Waals surface area contributed by atoms with E-state index in [0.717, 1.165) is 11.8 Å². The first-order valence-corrected chi connectivity index (χ1v) is 6.33. The second kappa shape index (κ2) is 6.45. The molecule has 78 valence electrons. The third-order valence-corrected chi connectivity index (χ3v) is 3.62. The second-order valence-corrected chi connectivity index (χ2v) is 4.96. The molecule has 1 saturated carbocycles. The van der Waals surface area contributed by atoms with Gasteiger partial charge in [-0.15, -0.1) is 0 Å². The molecule has 1 aliphatic rings. The smallest absolute Gasteiger partial charge is 0.0414 e. The molecule has 0 bridgehead atoms. The molecule has 0 radical (unpaired) electrons. The summed E-state index contributed by atoms with van der Waals surface area (Å²) in [5.74, 6) is 2.02. The summed E-state index contributed by atoms with van der Waals surface area (Å²) in [6.07, 6.45) is 13.3. The van der Waals surface area contributed by atoms with Gasteiger partial charge in [-0.3, -0.25) is 0 Å². The minimum Gasteiger partial charge on any atom is -0.0651 e. The Hall–Kier alpha value is 0. The van der Waals surface area contributed by atoms with Crippen LogP contribution in [0.5, 0.6) is 0 Å². The fourth-order valence-corrected chi connectivity index (χ4v) is 2.63. The van der Waals surface area contributed by atoms with Crippen molar-refractivity contribution in [1.29, 1.82) is 0 Å². The fraction of sp³-hybridized carbons (Fsp3) is 1.00. The van der Waals surface area contributed by atoms with Crippen LogP contribution in [-0.4, -0.2) is 0 Å². The van der Waals surface area contributed by atoms with E-state index in [-0.39, 0.29) is 0 Å². The van der Waals surface area contributed by atoms with Crippen LogP contribution in [0.1, 0.15) is 71.6 Å². The summed E-state index contributed by atoms with van der Waals surface area (Å²) in [4.78, 5) is 0. The summed E-state index contributed by atoms with van der Waals surface area (Å²) in [5.41, 5.74) is 0. The largest absolute Gasteiger partial charge is 0.0651 e. The molecular weight excluding hydrogens is 156 g/mol. The Morgan fingerprint density at radius 1 is 0.923 bits per heavy atom. The minimum absolute atomic E-state index is 0.989. The zero-order valence-electron chi connectivity index (χ0n) is 9.52. The molecule has 0 heteroatoms. The standard InChI is InChI=1S/C13H26/c1-3-13-10-8-6-4-5-7-9-12(2)11-13/h12-13H,3-11H2,1-2H3. The molecule has 0 aromatic carbocycles. The van der Waals surface area contributed by atoms with Crippen LogP contribution in [0.4, 0.5) is 0 Å². The molecule has 0 aliphatic heterocycles. The van der Waals surface area contributed by atoms with Crippen molar-refractivity contribution in [2.24, 2.45) is 11.8 Å². The van der Waals surface area contributed by atoms with Crippen LogP contribution in [0.15, 0.2) is 0 Å². The molecule has 13 heavy (non-hydrogen) atoms. The molecule has 0 nitrogen and oxygen atoms in total. The topological polar surface area (TPSA) is 0 Å². The van der Waals surface area contributed by atoms with E-state index in [1.807, 2.05) is 0 Å². The number of rotatable bonds is 1. The number of hydrogen-bond acceptors (Lipinski definition) is 0. The van der Waals surface area contributed by atoms with Gasteiger partial charge < -0.3 is 0 Å². The molecule has 0 spiro atoms. The lowest BCUT2D eigenvalue weighted by Gasteiger charge is -2.21. The van der Waals surface area contributed by atoms with Gasteiger partial charge >= 0.3 is 0 Å². The SMILES string of the molecule is CCC1CCCCCCCC(C)C1. The molecule has 2 atom stereocenters. The molecule has 0 amide bonds. The molecule has 0 saturated heterocycles. The van der Waals surface area contributed by atoms with Gasteiger partial charge in [0.05, 0.1) is 0 Å². The first kappa shape index (κ1) is 11.1. The molecule has 1 fully saturated rings. The lowest BCUT2D eigenvalue weighted by atomic mass is 9.85. The van der Waals surface area contributed by atoms with E-state index in [0.29, 0.717) is 0 Å². The van der Waals surface area contributed by atoms with Crippen LogP contribution in [0.3, 0.4) is 0 Å². The summed E-state index contributed by atoms with van der Waals surface area (Å²) in [5, 5.41) is 0. The van der Waals surface area contributed by atoms with E-state index in [1.165, 1.54) is 57.8 Å². The average molecular weight is 182 g/mol. The summed E-state index contributed by atoms with van der Waals surface area (Å²) in [6.45, 7) is 4.81. The van der Waals surface area contributed by atoms with Gasteiger partial charge in [-0.25, -0.2) is 0 Å². The van der Waals surface area contributed by atoms with Crippen molar-refractivity contribution >= 4 is 0 Å². The van der Waals surface area contributed by atoms with Crippen LogP contribution in [0.25, 0.3) is 0 Å². The van der Waals surface area contributed by atoms with Crippen molar-refractivity contribution in [3.8, 4) is 0 Å². The first-order chi connectivity index (χ1) is 6.33. The van der Waals surface area contributed by atoms with Crippen LogP contribution in [0, 0.1) is 11.8 Å². The van der Waals surface area contributed by atoms with Crippen molar-refractivity contribution in [1.82, 2.24) is 0 Å². The van der Waals surface area contributed by atoms with Gasteiger partial charge in [-0.05, 0) is 18.3 Å². The van der Waals surface area contributed by atoms with E-state index in [1.54, 1.807) is 0 Å². The van der Waals surface area contributed by atoms with Crippen LogP contribution < -0.4 is 0 Å². The lowest BCUT2D eigenvalue weighted by Crippen LogP contribution is -2.07. The van der Waals surface area contributed by atoms with E-state index >= 15 is 0 Å². The predicted molar refractivity (Wildman–Crippen MR) is 59.9 cm³/mol. The fourth-order valence-electron chi connectivity index (χ4n) is 2.63. The molecule has 2 unspecified atom stereocenters. The van der Waals surface area contributed by atoms with Gasteiger partial charge in [0.25, 0.3) is 0 Å². The quantitative estimate of drug-likeness (QED) is 0.547. The van der Waals surface area contributed by atoms with Crippen molar-refractivity contribution in [3.63, 3.8) is 0 Å². The van der Waals surface area contributed by atoms with Crippen LogP contribution in [0.2, 0.25) is 0 Å². The Morgan fingerprint density at radius 3 is 2.23 bits per heavy atom. The van der Waals surface area contributed by atoms with Gasteiger partial charge in [0.2, 0.25) is 0 Å². The summed E-state index contributed by atoms with van der Waals surface area (Å²) in [6, 6.07) is 0. The molecule has 0 aromatic rings. The maximum atomic E-state index is 2.45. The van der Waals surface area contributed by atoms with E-state index < -0.39 is 0 Å². The Morgan fingerprint density at radius 2 is 1.54 bits per heavy atom. The number of hydrogen-bond donors (Lipinski definition) is 0. The highest BCUT2D eigenvalue weighted by Gasteiger charge is 2.12. The third kappa shape index (κ3) is 4.69. The molecule has 0 aromatic heterocycles. The maximum absolute atomic E-state index is 2.45. The van der Waals surface area contributed by atoms with Gasteiger partial charge in [0, 0.05) is 0 Å². The highest BCUT2D eigenvalue weighted by Crippen LogP contribution is 2.26. The van der Waals surface area contributed by atoms with Crippen molar-refractivity contribution in [3.05, 3.63) is 0 Å². The first-order valence-electron chi connectivity index (χ1n) is 6.33. The Labute approximate surface area is 84.1 Å². The highest BCUT2D eigenvalue weighted by molar-refractivity contribution is 4.65. The minimum atomic E-state index is 0.989. The summed E-state index contributed by atoms with van der Waals surface area (Å²) >= 11 is 0. The van der Waals surface area contributed by atoms with Crippen LogP contribution in [-0.2, 0) is 0 Å². The van der Waals surface area contributed by atoms with Crippen molar-refractivity contribution in [2.45, 2.75) is 71.6 Å². The van der Waals surface area contributed by atoms with Crippen LogP contribution >= 0.6 is 0 Å². The third-order valence-electron chi connectivity index (χ3n) is 3.62. The zero-order valence-corrected chi connectivity index (χ0v) is 9.52. The lowest BCUT2D eigenvalue weighted by molar-refractivity contribution is 0.318. The molecule has 1 aliphatic carbocycles. The van der Waals surface area contributed by atoms with E-state index in [2.05, 4.69) is 13.8 Å². The van der Waals surface area contributed by atoms with Gasteiger partial charge in [0.1, 0.15) is 0 Å². The van der Waals surface area contributed by atoms with Gasteiger partial charge in [-0.2, -0.15) is 0 Å². The predicted octanol–water partition coefficient (Wildman–Crippen LogP) is 4.78. The highest BCUT2D eigenvalue weighted by atomic mass is 14.2. The maximum Gasteiger partial charge on any atom is -0.0414 e. The molecular formula is C13H26. The molecule has 0 heterocycles. The Balaban J connectivity index is 2.30. The molecule has 1 rings (SSSR count).